The zero-order valence-electron chi connectivity index (χ0n) is 6.71. The first-order valence-corrected chi connectivity index (χ1v) is 3.94. The van der Waals surface area contributed by atoms with Crippen molar-refractivity contribution in [2.24, 2.45) is 5.41 Å². The van der Waals surface area contributed by atoms with Crippen LogP contribution in [-0.2, 0) is 4.79 Å². The molecule has 1 atom stereocenters. The van der Waals surface area contributed by atoms with E-state index < -0.39 is 12.1 Å². The first-order valence-electron chi connectivity index (χ1n) is 3.94. The van der Waals surface area contributed by atoms with Gasteiger partial charge in [-0.1, -0.05) is 6.92 Å². The van der Waals surface area contributed by atoms with Crippen molar-refractivity contribution in [2.45, 2.75) is 38.7 Å². The van der Waals surface area contributed by atoms with E-state index in [9.17, 15) is 9.90 Å². The Hall–Kier alpha value is -0.570. The second kappa shape index (κ2) is 2.81. The van der Waals surface area contributed by atoms with Gasteiger partial charge in [-0.3, -0.25) is 4.79 Å². The number of carbonyl (C=O) groups is 1. The van der Waals surface area contributed by atoms with Crippen molar-refractivity contribution in [3.63, 3.8) is 0 Å². The lowest BCUT2D eigenvalue weighted by Crippen LogP contribution is -2.19. The molecule has 0 saturated heterocycles. The van der Waals surface area contributed by atoms with Gasteiger partial charge in [0.1, 0.15) is 0 Å². The van der Waals surface area contributed by atoms with E-state index >= 15 is 0 Å². The molecule has 0 aliphatic heterocycles. The third-order valence-electron chi connectivity index (χ3n) is 2.47. The molecule has 2 N–H and O–H groups in total. The number of aliphatic hydroxyl groups is 1. The van der Waals surface area contributed by atoms with E-state index in [-0.39, 0.29) is 11.8 Å². The molecule has 1 aliphatic carbocycles. The van der Waals surface area contributed by atoms with Crippen LogP contribution in [0.15, 0.2) is 0 Å². The lowest BCUT2D eigenvalue weighted by molar-refractivity contribution is -0.137. The maximum Gasteiger partial charge on any atom is 0.303 e. The second-order valence-electron chi connectivity index (χ2n) is 3.60. The predicted molar refractivity (Wildman–Crippen MR) is 40.2 cm³/mol. The highest BCUT2D eigenvalue weighted by Crippen LogP contribution is 2.49. The summed E-state index contributed by atoms with van der Waals surface area (Å²) in [5, 5.41) is 17.8. The first kappa shape index (κ1) is 8.53. The van der Waals surface area contributed by atoms with Gasteiger partial charge < -0.3 is 10.2 Å². The van der Waals surface area contributed by atoms with Gasteiger partial charge in [0.25, 0.3) is 0 Å². The van der Waals surface area contributed by atoms with Crippen LogP contribution in [0.5, 0.6) is 0 Å². The SMILES string of the molecule is CC1(C(O)CCC(=O)O)CC1. The Balaban J connectivity index is 2.21. The van der Waals surface area contributed by atoms with Crippen LogP contribution in [0, 0.1) is 5.41 Å². The minimum Gasteiger partial charge on any atom is -0.481 e. The molecule has 0 heterocycles. The zero-order chi connectivity index (χ0) is 8.48. The van der Waals surface area contributed by atoms with E-state index in [2.05, 4.69) is 0 Å². The van der Waals surface area contributed by atoms with Gasteiger partial charge >= 0.3 is 5.97 Å². The average molecular weight is 158 g/mol. The molecule has 64 valence electrons. The molecule has 0 radical (unpaired) electrons. The third-order valence-corrected chi connectivity index (χ3v) is 2.47. The Morgan fingerprint density at radius 2 is 2.18 bits per heavy atom. The van der Waals surface area contributed by atoms with E-state index in [1.54, 1.807) is 0 Å². The monoisotopic (exact) mass is 158 g/mol. The highest BCUT2D eigenvalue weighted by atomic mass is 16.4. The summed E-state index contributed by atoms with van der Waals surface area (Å²) in [4.78, 5) is 10.1. The van der Waals surface area contributed by atoms with Crippen LogP contribution in [0.2, 0.25) is 0 Å². The van der Waals surface area contributed by atoms with Crippen LogP contribution in [0.4, 0.5) is 0 Å². The molecule has 3 nitrogen and oxygen atoms in total. The highest BCUT2D eigenvalue weighted by Gasteiger charge is 2.43. The molecular weight excluding hydrogens is 144 g/mol. The number of rotatable bonds is 4. The van der Waals surface area contributed by atoms with Crippen LogP contribution in [0.1, 0.15) is 32.6 Å². The van der Waals surface area contributed by atoms with Crippen LogP contribution < -0.4 is 0 Å². The minimum absolute atomic E-state index is 0.0372. The van der Waals surface area contributed by atoms with Gasteiger partial charge in [0.05, 0.1) is 6.10 Å². The Labute approximate surface area is 66.0 Å². The van der Waals surface area contributed by atoms with Crippen LogP contribution in [0.3, 0.4) is 0 Å². The van der Waals surface area contributed by atoms with Gasteiger partial charge in [0, 0.05) is 6.42 Å². The van der Waals surface area contributed by atoms with E-state index in [0.29, 0.717) is 6.42 Å². The Kier molecular flexibility index (Phi) is 2.18. The van der Waals surface area contributed by atoms with Gasteiger partial charge in [0.2, 0.25) is 0 Å². The maximum absolute atomic E-state index is 10.1. The fourth-order valence-electron chi connectivity index (χ4n) is 1.14. The van der Waals surface area contributed by atoms with Gasteiger partial charge in [-0.25, -0.2) is 0 Å². The van der Waals surface area contributed by atoms with Crippen molar-refractivity contribution >= 4 is 5.97 Å². The summed E-state index contributed by atoms with van der Waals surface area (Å²) >= 11 is 0. The van der Waals surface area contributed by atoms with Crippen molar-refractivity contribution in [1.82, 2.24) is 0 Å². The molecule has 1 saturated carbocycles. The van der Waals surface area contributed by atoms with Crippen molar-refractivity contribution in [1.29, 1.82) is 0 Å². The smallest absolute Gasteiger partial charge is 0.303 e. The van der Waals surface area contributed by atoms with Crippen LogP contribution in [0.25, 0.3) is 0 Å². The summed E-state index contributed by atoms with van der Waals surface area (Å²) in [6.07, 6.45) is 2.13. The molecular formula is C8H14O3. The fraction of sp³-hybridized carbons (Fsp3) is 0.875. The molecule has 3 heteroatoms. The Bertz CT molecular complexity index is 161. The number of carboxylic acid groups (broad SMARTS) is 1. The average Bonchev–Trinajstić information content (AvgIpc) is 2.64. The Morgan fingerprint density at radius 3 is 2.55 bits per heavy atom. The van der Waals surface area contributed by atoms with Crippen LogP contribution >= 0.6 is 0 Å². The first-order chi connectivity index (χ1) is 5.04. The van der Waals surface area contributed by atoms with Gasteiger partial charge in [-0.05, 0) is 24.7 Å². The van der Waals surface area contributed by atoms with Crippen molar-refractivity contribution in [2.75, 3.05) is 0 Å². The normalized spacial score (nSPS) is 22.7. The molecule has 1 aliphatic rings. The molecule has 0 spiro atoms. The summed E-state index contributed by atoms with van der Waals surface area (Å²) in [5.74, 6) is -0.826. The van der Waals surface area contributed by atoms with E-state index in [1.165, 1.54) is 0 Å². The molecule has 0 aromatic carbocycles. The Morgan fingerprint density at radius 1 is 1.64 bits per heavy atom. The lowest BCUT2D eigenvalue weighted by atomic mass is 9.98. The number of carboxylic acids is 1. The number of hydrogen-bond donors (Lipinski definition) is 2. The van der Waals surface area contributed by atoms with E-state index in [4.69, 9.17) is 5.11 Å². The highest BCUT2D eigenvalue weighted by molar-refractivity contribution is 5.66. The van der Waals surface area contributed by atoms with E-state index in [0.717, 1.165) is 12.8 Å². The third kappa shape index (κ3) is 2.19. The fourth-order valence-corrected chi connectivity index (χ4v) is 1.14. The summed E-state index contributed by atoms with van der Waals surface area (Å²) in [5.41, 5.74) is 0.0372. The zero-order valence-corrected chi connectivity index (χ0v) is 6.71. The predicted octanol–water partition coefficient (Wildman–Crippen LogP) is 1.01. The second-order valence-corrected chi connectivity index (χ2v) is 3.60. The van der Waals surface area contributed by atoms with Gasteiger partial charge in [-0.15, -0.1) is 0 Å². The number of hydrogen-bond acceptors (Lipinski definition) is 2. The lowest BCUT2D eigenvalue weighted by Gasteiger charge is -2.15. The molecule has 1 rings (SSSR count). The molecule has 0 bridgehead atoms. The largest absolute Gasteiger partial charge is 0.481 e. The van der Waals surface area contributed by atoms with Crippen molar-refractivity contribution in [3.8, 4) is 0 Å². The summed E-state index contributed by atoms with van der Waals surface area (Å²) in [6, 6.07) is 0. The molecule has 1 fully saturated rings. The molecule has 1 unspecified atom stereocenters. The minimum atomic E-state index is -0.826. The summed E-state index contributed by atoms with van der Waals surface area (Å²) < 4.78 is 0. The van der Waals surface area contributed by atoms with Gasteiger partial charge in [0.15, 0.2) is 0 Å². The summed E-state index contributed by atoms with van der Waals surface area (Å²) in [6.45, 7) is 2.00. The summed E-state index contributed by atoms with van der Waals surface area (Å²) in [7, 11) is 0. The molecule has 0 amide bonds. The van der Waals surface area contributed by atoms with Crippen molar-refractivity contribution < 1.29 is 15.0 Å². The standard InChI is InChI=1S/C8H14O3/c1-8(4-5-8)6(9)2-3-7(10)11/h6,9H,2-5H2,1H3,(H,10,11). The van der Waals surface area contributed by atoms with Gasteiger partial charge in [-0.2, -0.15) is 0 Å². The number of aliphatic hydroxyl groups excluding tert-OH is 1. The van der Waals surface area contributed by atoms with Crippen LogP contribution in [-0.4, -0.2) is 22.3 Å². The maximum atomic E-state index is 10.1. The molecule has 0 aromatic rings. The quantitative estimate of drug-likeness (QED) is 0.642. The topological polar surface area (TPSA) is 57.5 Å². The molecule has 0 aromatic heterocycles. The van der Waals surface area contributed by atoms with E-state index in [1.807, 2.05) is 6.92 Å². The number of aliphatic carboxylic acids is 1. The molecule has 11 heavy (non-hydrogen) atoms. The van der Waals surface area contributed by atoms with Crippen molar-refractivity contribution in [3.05, 3.63) is 0 Å².